The molecule has 0 bridgehead atoms. The second kappa shape index (κ2) is 4.92. The molecule has 3 aromatic carbocycles. The van der Waals surface area contributed by atoms with E-state index in [-0.39, 0.29) is 21.3 Å². The normalized spacial score (nSPS) is 11.6. The van der Waals surface area contributed by atoms with Gasteiger partial charge in [-0.1, -0.05) is 6.07 Å². The smallest absolute Gasteiger partial charge is 0.206 e. The highest BCUT2D eigenvalue weighted by Crippen LogP contribution is 2.35. The van der Waals surface area contributed by atoms with E-state index in [1.165, 1.54) is 48.5 Å². The van der Waals surface area contributed by atoms with E-state index in [1.807, 2.05) is 0 Å². The summed E-state index contributed by atoms with van der Waals surface area (Å²) < 4.78 is 25.2. The second-order valence-electron chi connectivity index (χ2n) is 4.89. The fraction of sp³-hybridized carbons (Fsp3) is 0. The summed E-state index contributed by atoms with van der Waals surface area (Å²) >= 11 is 0. The molecular formula is C16H13NO4S. The van der Waals surface area contributed by atoms with Crippen molar-refractivity contribution >= 4 is 26.3 Å². The Hall–Kier alpha value is -2.73. The zero-order chi connectivity index (χ0) is 15.9. The highest BCUT2D eigenvalue weighted by atomic mass is 32.2. The number of nitrogens with two attached hydrogens (primary N) is 1. The Morgan fingerprint density at radius 2 is 1.45 bits per heavy atom. The number of hydrogen-bond donors (Lipinski definition) is 3. The van der Waals surface area contributed by atoms with Crippen molar-refractivity contribution in [2.75, 3.05) is 5.73 Å². The van der Waals surface area contributed by atoms with Crippen LogP contribution in [0.25, 0.3) is 10.8 Å². The Bertz CT molecular complexity index is 963. The molecule has 0 atom stereocenters. The van der Waals surface area contributed by atoms with E-state index in [0.29, 0.717) is 16.5 Å². The maximum absolute atomic E-state index is 12.6. The molecule has 22 heavy (non-hydrogen) atoms. The zero-order valence-electron chi connectivity index (χ0n) is 11.4. The summed E-state index contributed by atoms with van der Waals surface area (Å²) in [6.45, 7) is 0. The Morgan fingerprint density at radius 3 is 2.14 bits per heavy atom. The SMILES string of the molecule is Nc1ccc(S(=O)(=O)c2ccc3c(O)c(O)ccc3c2)cc1. The van der Waals surface area contributed by atoms with Gasteiger partial charge in [-0.2, -0.15) is 0 Å². The minimum atomic E-state index is -3.67. The first kappa shape index (κ1) is 14.2. The van der Waals surface area contributed by atoms with Crippen molar-refractivity contribution in [2.45, 2.75) is 9.79 Å². The molecule has 4 N–H and O–H groups in total. The Balaban J connectivity index is 2.17. The highest BCUT2D eigenvalue weighted by molar-refractivity contribution is 7.91. The van der Waals surface area contributed by atoms with E-state index in [0.717, 1.165) is 0 Å². The van der Waals surface area contributed by atoms with Gasteiger partial charge in [-0.3, -0.25) is 0 Å². The summed E-state index contributed by atoms with van der Waals surface area (Å²) in [6, 6.07) is 13.1. The molecule has 112 valence electrons. The first-order chi connectivity index (χ1) is 10.4. The summed E-state index contributed by atoms with van der Waals surface area (Å²) in [6.07, 6.45) is 0. The fourth-order valence-corrected chi connectivity index (χ4v) is 3.53. The van der Waals surface area contributed by atoms with Crippen LogP contribution < -0.4 is 5.73 Å². The molecule has 0 aliphatic carbocycles. The number of benzene rings is 3. The molecule has 6 heteroatoms. The first-order valence-corrected chi connectivity index (χ1v) is 7.93. The van der Waals surface area contributed by atoms with Crippen molar-refractivity contribution in [3.63, 3.8) is 0 Å². The van der Waals surface area contributed by atoms with Gasteiger partial charge in [-0.15, -0.1) is 0 Å². The van der Waals surface area contributed by atoms with Crippen molar-refractivity contribution in [2.24, 2.45) is 0 Å². The Morgan fingerprint density at radius 1 is 0.818 bits per heavy atom. The van der Waals surface area contributed by atoms with Gasteiger partial charge in [0.05, 0.1) is 9.79 Å². The van der Waals surface area contributed by atoms with E-state index in [2.05, 4.69) is 0 Å². The molecule has 0 saturated heterocycles. The van der Waals surface area contributed by atoms with Crippen molar-refractivity contribution in [1.82, 2.24) is 0 Å². The van der Waals surface area contributed by atoms with Gasteiger partial charge in [-0.25, -0.2) is 8.42 Å². The number of aromatic hydroxyl groups is 2. The summed E-state index contributed by atoms with van der Waals surface area (Å²) in [5, 5.41) is 20.2. The lowest BCUT2D eigenvalue weighted by molar-refractivity contribution is 0.408. The number of fused-ring (bicyclic) bond motifs is 1. The van der Waals surface area contributed by atoms with Crippen LogP contribution in [0, 0.1) is 0 Å². The van der Waals surface area contributed by atoms with Crippen LogP contribution in [-0.4, -0.2) is 18.6 Å². The minimum Gasteiger partial charge on any atom is -0.504 e. The molecule has 0 heterocycles. The van der Waals surface area contributed by atoms with E-state index in [1.54, 1.807) is 6.07 Å². The van der Waals surface area contributed by atoms with Crippen LogP contribution in [0.3, 0.4) is 0 Å². The zero-order valence-corrected chi connectivity index (χ0v) is 12.2. The predicted molar refractivity (Wildman–Crippen MR) is 83.6 cm³/mol. The monoisotopic (exact) mass is 315 g/mol. The maximum atomic E-state index is 12.6. The van der Waals surface area contributed by atoms with Gasteiger partial charge in [0.25, 0.3) is 0 Å². The highest BCUT2D eigenvalue weighted by Gasteiger charge is 2.18. The molecule has 0 aliphatic rings. The molecule has 3 aromatic rings. The average Bonchev–Trinajstić information content (AvgIpc) is 2.51. The first-order valence-electron chi connectivity index (χ1n) is 6.45. The van der Waals surface area contributed by atoms with E-state index in [4.69, 9.17) is 5.73 Å². The number of nitrogen functional groups attached to an aromatic ring is 1. The third-order valence-electron chi connectivity index (χ3n) is 3.44. The largest absolute Gasteiger partial charge is 0.504 e. The second-order valence-corrected chi connectivity index (χ2v) is 6.84. The molecule has 0 aliphatic heterocycles. The van der Waals surface area contributed by atoms with Gasteiger partial charge in [-0.05, 0) is 53.9 Å². The van der Waals surface area contributed by atoms with E-state index < -0.39 is 9.84 Å². The molecule has 0 unspecified atom stereocenters. The van der Waals surface area contributed by atoms with Gasteiger partial charge in [0.1, 0.15) is 0 Å². The number of rotatable bonds is 2. The number of sulfone groups is 1. The number of hydrogen-bond acceptors (Lipinski definition) is 5. The van der Waals surface area contributed by atoms with Crippen molar-refractivity contribution in [3.8, 4) is 11.5 Å². The van der Waals surface area contributed by atoms with Crippen LogP contribution in [0.5, 0.6) is 11.5 Å². The van der Waals surface area contributed by atoms with Gasteiger partial charge in [0.2, 0.25) is 9.84 Å². The van der Waals surface area contributed by atoms with Crippen molar-refractivity contribution in [3.05, 3.63) is 54.6 Å². The van der Waals surface area contributed by atoms with Gasteiger partial charge in [0, 0.05) is 11.1 Å². The van der Waals surface area contributed by atoms with Crippen molar-refractivity contribution in [1.29, 1.82) is 0 Å². The number of phenolic OH excluding ortho intramolecular Hbond substituents is 2. The van der Waals surface area contributed by atoms with Crippen molar-refractivity contribution < 1.29 is 18.6 Å². The van der Waals surface area contributed by atoms with Crippen LogP contribution in [0.1, 0.15) is 0 Å². The Labute approximate surface area is 127 Å². The van der Waals surface area contributed by atoms with Crippen LogP contribution in [0.2, 0.25) is 0 Å². The fourth-order valence-electron chi connectivity index (χ4n) is 2.23. The molecule has 0 radical (unpaired) electrons. The third kappa shape index (κ3) is 2.23. The molecule has 5 nitrogen and oxygen atoms in total. The minimum absolute atomic E-state index is 0.106. The number of phenols is 2. The van der Waals surface area contributed by atoms with Gasteiger partial charge in [0.15, 0.2) is 11.5 Å². The Kier molecular flexibility index (Phi) is 3.18. The van der Waals surface area contributed by atoms with Gasteiger partial charge < -0.3 is 15.9 Å². The van der Waals surface area contributed by atoms with Crippen LogP contribution in [0.15, 0.2) is 64.4 Å². The number of anilines is 1. The summed E-state index contributed by atoms with van der Waals surface area (Å²) in [5.41, 5.74) is 6.05. The molecule has 0 aromatic heterocycles. The third-order valence-corrected chi connectivity index (χ3v) is 5.21. The quantitative estimate of drug-likeness (QED) is 0.498. The predicted octanol–water partition coefficient (Wildman–Crippen LogP) is 2.67. The maximum Gasteiger partial charge on any atom is 0.206 e. The molecule has 0 saturated carbocycles. The summed E-state index contributed by atoms with van der Waals surface area (Å²) in [4.78, 5) is 0.249. The molecule has 0 amide bonds. The van der Waals surface area contributed by atoms with Crippen LogP contribution in [-0.2, 0) is 9.84 Å². The van der Waals surface area contributed by atoms with E-state index in [9.17, 15) is 18.6 Å². The lowest BCUT2D eigenvalue weighted by atomic mass is 10.1. The van der Waals surface area contributed by atoms with E-state index >= 15 is 0 Å². The van der Waals surface area contributed by atoms with Crippen LogP contribution >= 0.6 is 0 Å². The van der Waals surface area contributed by atoms with Gasteiger partial charge >= 0.3 is 0 Å². The standard InChI is InChI=1S/C16H13NO4S/c17-11-2-4-12(5-3-11)22(20,21)13-6-7-14-10(9-13)1-8-15(18)16(14)19/h1-9,18-19H,17H2. The summed E-state index contributed by atoms with van der Waals surface area (Å²) in [5.74, 6) is -0.518. The molecule has 0 spiro atoms. The average molecular weight is 315 g/mol. The molecular weight excluding hydrogens is 302 g/mol. The topological polar surface area (TPSA) is 101 Å². The molecule has 0 fully saturated rings. The van der Waals surface area contributed by atoms with Crippen LogP contribution in [0.4, 0.5) is 5.69 Å². The summed E-state index contributed by atoms with van der Waals surface area (Å²) in [7, 11) is -3.67. The molecule has 3 rings (SSSR count). The lowest BCUT2D eigenvalue weighted by Crippen LogP contribution is -2.02. The lowest BCUT2D eigenvalue weighted by Gasteiger charge is -2.08.